The smallest absolute Gasteiger partial charge is 0.328 e. The number of hydrogen-bond donors (Lipinski definition) is 3. The SMILES string of the molecule is CCC1C(=O)NC(SCC(=O)c2ccc(OC(=O)C(N)CC(C)C)cc2)NC1CC1CCCCC1. The van der Waals surface area contributed by atoms with Crippen LogP contribution in [0.4, 0.5) is 0 Å². The van der Waals surface area contributed by atoms with Crippen LogP contribution < -0.4 is 21.1 Å². The van der Waals surface area contributed by atoms with Gasteiger partial charge in [-0.15, -0.1) is 11.8 Å². The number of Topliss-reactive ketones (excluding diaryl/α,β-unsaturated/α-hetero) is 1. The minimum Gasteiger partial charge on any atom is -0.425 e. The van der Waals surface area contributed by atoms with Crippen LogP contribution in [0.5, 0.6) is 5.75 Å². The van der Waals surface area contributed by atoms with E-state index in [1.54, 1.807) is 24.3 Å². The molecule has 0 spiro atoms. The highest BCUT2D eigenvalue weighted by atomic mass is 32.2. The van der Waals surface area contributed by atoms with Gasteiger partial charge in [-0.1, -0.05) is 52.9 Å². The van der Waals surface area contributed by atoms with Crippen molar-refractivity contribution >= 4 is 29.4 Å². The van der Waals surface area contributed by atoms with E-state index >= 15 is 0 Å². The Morgan fingerprint density at radius 1 is 1.14 bits per heavy atom. The first-order valence-electron chi connectivity index (χ1n) is 13.0. The number of nitrogens with two attached hydrogens (primary N) is 1. The van der Waals surface area contributed by atoms with Crippen molar-refractivity contribution in [1.82, 2.24) is 10.6 Å². The van der Waals surface area contributed by atoms with Crippen molar-refractivity contribution in [2.45, 2.75) is 89.7 Å². The monoisotopic (exact) mass is 503 g/mol. The number of carbonyl (C=O) groups is 3. The van der Waals surface area contributed by atoms with Gasteiger partial charge in [-0.25, -0.2) is 4.79 Å². The highest BCUT2D eigenvalue weighted by molar-refractivity contribution is 8.00. The van der Waals surface area contributed by atoms with Crippen LogP contribution in [0.15, 0.2) is 24.3 Å². The molecule has 1 saturated heterocycles. The Morgan fingerprint density at radius 3 is 2.46 bits per heavy atom. The molecule has 4 unspecified atom stereocenters. The Bertz CT molecular complexity index is 854. The predicted molar refractivity (Wildman–Crippen MR) is 140 cm³/mol. The largest absolute Gasteiger partial charge is 0.425 e. The number of ether oxygens (including phenoxy) is 1. The van der Waals surface area contributed by atoms with Gasteiger partial charge < -0.3 is 15.8 Å². The lowest BCUT2D eigenvalue weighted by molar-refractivity contribution is -0.136. The molecule has 1 aromatic rings. The first kappa shape index (κ1) is 27.7. The van der Waals surface area contributed by atoms with Crippen LogP contribution in [0.1, 0.15) is 82.5 Å². The molecule has 0 radical (unpaired) electrons. The maximum absolute atomic E-state index is 12.8. The Balaban J connectivity index is 1.50. The summed E-state index contributed by atoms with van der Waals surface area (Å²) in [7, 11) is 0. The fourth-order valence-corrected chi connectivity index (χ4v) is 6.05. The van der Waals surface area contributed by atoms with Gasteiger partial charge in [0.15, 0.2) is 5.78 Å². The van der Waals surface area contributed by atoms with Gasteiger partial charge in [0.2, 0.25) is 5.91 Å². The average Bonchev–Trinajstić information content (AvgIpc) is 2.83. The van der Waals surface area contributed by atoms with Gasteiger partial charge in [0, 0.05) is 11.6 Å². The number of benzene rings is 1. The molecule has 194 valence electrons. The van der Waals surface area contributed by atoms with Gasteiger partial charge in [-0.2, -0.15) is 0 Å². The number of carbonyl (C=O) groups excluding carboxylic acids is 3. The van der Waals surface area contributed by atoms with Gasteiger partial charge >= 0.3 is 5.97 Å². The molecule has 4 N–H and O–H groups in total. The van der Waals surface area contributed by atoms with Crippen LogP contribution >= 0.6 is 11.8 Å². The minimum absolute atomic E-state index is 0.0200. The second-order valence-electron chi connectivity index (χ2n) is 10.3. The summed E-state index contributed by atoms with van der Waals surface area (Å²) in [4.78, 5) is 37.6. The molecule has 4 atom stereocenters. The molecule has 1 saturated carbocycles. The van der Waals surface area contributed by atoms with Crippen molar-refractivity contribution in [2.75, 3.05) is 5.75 Å². The summed E-state index contributed by atoms with van der Waals surface area (Å²) in [5, 5.41) is 6.64. The van der Waals surface area contributed by atoms with Crippen LogP contribution in [-0.2, 0) is 9.59 Å². The summed E-state index contributed by atoms with van der Waals surface area (Å²) in [5.74, 6) is 1.14. The zero-order chi connectivity index (χ0) is 25.4. The molecule has 1 amide bonds. The molecule has 1 heterocycles. The van der Waals surface area contributed by atoms with Crippen LogP contribution in [0.3, 0.4) is 0 Å². The second-order valence-corrected chi connectivity index (χ2v) is 11.4. The van der Waals surface area contributed by atoms with Gasteiger partial charge in [0.1, 0.15) is 17.3 Å². The van der Waals surface area contributed by atoms with E-state index in [1.807, 2.05) is 13.8 Å². The first-order chi connectivity index (χ1) is 16.8. The number of esters is 1. The van der Waals surface area contributed by atoms with Crippen LogP contribution in [0.2, 0.25) is 0 Å². The molecule has 8 heteroatoms. The summed E-state index contributed by atoms with van der Waals surface area (Å²) in [6.45, 7) is 6.06. The normalized spacial score (nSPS) is 24.1. The Morgan fingerprint density at radius 2 is 1.83 bits per heavy atom. The molecular formula is C27H41N3O4S. The quantitative estimate of drug-likeness (QED) is 0.235. The number of amides is 1. The molecule has 1 aliphatic carbocycles. The van der Waals surface area contributed by atoms with Gasteiger partial charge in [-0.05, 0) is 55.4 Å². The molecule has 2 aliphatic rings. The Hall–Kier alpha value is -1.90. The first-order valence-corrected chi connectivity index (χ1v) is 14.1. The number of nitrogens with one attached hydrogen (secondary N) is 2. The number of rotatable bonds is 11. The molecule has 0 aromatic heterocycles. The Kier molecular flexibility index (Phi) is 10.6. The molecule has 2 fully saturated rings. The van der Waals surface area contributed by atoms with Gasteiger partial charge in [-0.3, -0.25) is 14.9 Å². The van der Waals surface area contributed by atoms with E-state index in [0.29, 0.717) is 29.6 Å². The van der Waals surface area contributed by atoms with Gasteiger partial charge in [0.25, 0.3) is 0 Å². The van der Waals surface area contributed by atoms with E-state index in [9.17, 15) is 14.4 Å². The number of thioether (sulfide) groups is 1. The molecule has 0 bridgehead atoms. The summed E-state index contributed by atoms with van der Waals surface area (Å²) >= 11 is 1.41. The van der Waals surface area contributed by atoms with Crippen molar-refractivity contribution in [3.63, 3.8) is 0 Å². The third-order valence-corrected chi connectivity index (χ3v) is 8.03. The molecule has 3 rings (SSSR count). The highest BCUT2D eigenvalue weighted by Gasteiger charge is 2.36. The van der Waals surface area contributed by atoms with Crippen molar-refractivity contribution in [3.8, 4) is 5.75 Å². The van der Waals surface area contributed by atoms with E-state index in [-0.39, 0.29) is 34.9 Å². The lowest BCUT2D eigenvalue weighted by Crippen LogP contribution is -2.60. The molecule has 1 aromatic carbocycles. The van der Waals surface area contributed by atoms with E-state index in [4.69, 9.17) is 10.5 Å². The minimum atomic E-state index is -0.667. The number of hydrogen-bond acceptors (Lipinski definition) is 7. The zero-order valence-corrected chi connectivity index (χ0v) is 22.1. The second kappa shape index (κ2) is 13.4. The van der Waals surface area contributed by atoms with Crippen molar-refractivity contribution in [3.05, 3.63) is 29.8 Å². The van der Waals surface area contributed by atoms with Gasteiger partial charge in [0.05, 0.1) is 11.7 Å². The topological polar surface area (TPSA) is 111 Å². The molecule has 35 heavy (non-hydrogen) atoms. The fourth-order valence-electron chi connectivity index (χ4n) is 5.09. The van der Waals surface area contributed by atoms with E-state index < -0.39 is 12.0 Å². The summed E-state index contributed by atoms with van der Waals surface area (Å²) in [6.07, 6.45) is 8.79. The van der Waals surface area contributed by atoms with E-state index in [0.717, 1.165) is 12.8 Å². The standard InChI is InChI=1S/C27H41N3O4S/c1-4-21-23(15-18-8-6-5-7-9-18)29-27(30-25(21)32)35-16-24(31)19-10-12-20(13-11-19)34-26(33)22(28)14-17(2)3/h10-13,17-18,21-23,27,29H,4-9,14-16,28H2,1-3H3,(H,30,32). The zero-order valence-electron chi connectivity index (χ0n) is 21.3. The van der Waals surface area contributed by atoms with Crippen LogP contribution in [-0.4, -0.2) is 41.0 Å². The van der Waals surface area contributed by atoms with E-state index in [1.165, 1.54) is 43.9 Å². The lowest BCUT2D eigenvalue weighted by Gasteiger charge is -2.39. The van der Waals surface area contributed by atoms with Crippen molar-refractivity contribution < 1.29 is 19.1 Å². The number of ketones is 1. The maximum Gasteiger partial charge on any atom is 0.328 e. The summed E-state index contributed by atoms with van der Waals surface area (Å²) in [5.41, 5.74) is 6.14. The Labute approximate surface area is 213 Å². The molecular weight excluding hydrogens is 462 g/mol. The summed E-state index contributed by atoms with van der Waals surface area (Å²) in [6, 6.07) is 6.03. The summed E-state index contributed by atoms with van der Waals surface area (Å²) < 4.78 is 5.34. The fraction of sp³-hybridized carbons (Fsp3) is 0.667. The van der Waals surface area contributed by atoms with Crippen LogP contribution in [0, 0.1) is 17.8 Å². The van der Waals surface area contributed by atoms with E-state index in [2.05, 4.69) is 17.6 Å². The highest BCUT2D eigenvalue weighted by Crippen LogP contribution is 2.31. The third-order valence-electron chi connectivity index (χ3n) is 7.02. The maximum atomic E-state index is 12.8. The van der Waals surface area contributed by atoms with Crippen LogP contribution in [0.25, 0.3) is 0 Å². The van der Waals surface area contributed by atoms with Crippen molar-refractivity contribution in [2.24, 2.45) is 23.5 Å². The average molecular weight is 504 g/mol. The lowest BCUT2D eigenvalue weighted by atomic mass is 9.80. The molecule has 1 aliphatic heterocycles. The third kappa shape index (κ3) is 8.33. The van der Waals surface area contributed by atoms with Crippen molar-refractivity contribution in [1.29, 1.82) is 0 Å². The predicted octanol–water partition coefficient (Wildman–Crippen LogP) is 4.25. The molecule has 7 nitrogen and oxygen atoms in total.